The average Bonchev–Trinajstić information content (AvgIpc) is 2.38. The van der Waals surface area contributed by atoms with Crippen LogP contribution in [0.4, 0.5) is 0 Å². The molecule has 0 aliphatic rings. The van der Waals surface area contributed by atoms with Crippen molar-refractivity contribution in [3.8, 4) is 5.75 Å². The zero-order valence-corrected chi connectivity index (χ0v) is 11.8. The zero-order valence-electron chi connectivity index (χ0n) is 11.8. The molecule has 0 fully saturated rings. The molecule has 3 nitrogen and oxygen atoms in total. The van der Waals surface area contributed by atoms with Crippen LogP contribution in [-0.4, -0.2) is 26.9 Å². The Bertz CT molecular complexity index is 339. The molecule has 1 aromatic carbocycles. The summed E-state index contributed by atoms with van der Waals surface area (Å²) in [6.45, 7) is 7.67. The number of benzene rings is 1. The second-order valence-corrected chi connectivity index (χ2v) is 4.47. The smallest absolute Gasteiger partial charge is 0.122 e. The summed E-state index contributed by atoms with van der Waals surface area (Å²) in [5.41, 5.74) is 2.46. The van der Waals surface area contributed by atoms with Crippen LogP contribution in [0.2, 0.25) is 0 Å². The molecule has 0 unspecified atom stereocenters. The molecule has 3 heteroatoms. The summed E-state index contributed by atoms with van der Waals surface area (Å²) in [5.74, 6) is 0.988. The Morgan fingerprint density at radius 3 is 2.78 bits per heavy atom. The van der Waals surface area contributed by atoms with Crippen molar-refractivity contribution >= 4 is 0 Å². The van der Waals surface area contributed by atoms with Crippen molar-refractivity contribution in [2.24, 2.45) is 0 Å². The minimum absolute atomic E-state index is 0.709. The first-order valence-electron chi connectivity index (χ1n) is 6.70. The van der Waals surface area contributed by atoms with Gasteiger partial charge in [0.15, 0.2) is 0 Å². The average molecular weight is 251 g/mol. The maximum atomic E-state index is 5.78. The molecule has 1 aromatic rings. The van der Waals surface area contributed by atoms with E-state index in [0.29, 0.717) is 6.61 Å². The van der Waals surface area contributed by atoms with Crippen LogP contribution in [0.5, 0.6) is 5.75 Å². The van der Waals surface area contributed by atoms with Gasteiger partial charge in [-0.2, -0.15) is 0 Å². The van der Waals surface area contributed by atoms with E-state index in [0.717, 1.165) is 38.3 Å². The normalized spacial score (nSPS) is 10.6. The molecule has 18 heavy (non-hydrogen) atoms. The van der Waals surface area contributed by atoms with Crippen LogP contribution >= 0.6 is 0 Å². The van der Waals surface area contributed by atoms with Gasteiger partial charge >= 0.3 is 0 Å². The highest BCUT2D eigenvalue weighted by atomic mass is 16.5. The predicted molar refractivity (Wildman–Crippen MR) is 75.2 cm³/mol. The Hall–Kier alpha value is -1.06. The van der Waals surface area contributed by atoms with Crippen LogP contribution in [0.15, 0.2) is 18.2 Å². The van der Waals surface area contributed by atoms with E-state index in [1.54, 1.807) is 7.11 Å². The van der Waals surface area contributed by atoms with Crippen molar-refractivity contribution < 1.29 is 9.47 Å². The van der Waals surface area contributed by atoms with Gasteiger partial charge in [0.05, 0.1) is 6.61 Å². The lowest BCUT2D eigenvalue weighted by molar-refractivity contribution is 0.172. The molecular weight excluding hydrogens is 226 g/mol. The number of hydrogen-bond acceptors (Lipinski definition) is 3. The molecular formula is C15H25NO2. The molecule has 0 aliphatic heterocycles. The fourth-order valence-corrected chi connectivity index (χ4v) is 1.70. The number of methoxy groups -OCH3 is 1. The summed E-state index contributed by atoms with van der Waals surface area (Å²) in [6.07, 6.45) is 2.08. The van der Waals surface area contributed by atoms with Gasteiger partial charge in [0.2, 0.25) is 0 Å². The topological polar surface area (TPSA) is 30.5 Å². The SMILES string of the molecule is CCCNCc1ccc(C)c(OCCCOC)c1. The number of aryl methyl sites for hydroxylation is 1. The molecule has 0 heterocycles. The van der Waals surface area contributed by atoms with Crippen LogP contribution < -0.4 is 10.1 Å². The monoisotopic (exact) mass is 251 g/mol. The van der Waals surface area contributed by atoms with E-state index < -0.39 is 0 Å². The first-order valence-corrected chi connectivity index (χ1v) is 6.70. The van der Waals surface area contributed by atoms with Crippen molar-refractivity contribution in [3.05, 3.63) is 29.3 Å². The zero-order chi connectivity index (χ0) is 13.2. The third-order valence-electron chi connectivity index (χ3n) is 2.76. The Balaban J connectivity index is 2.46. The summed E-state index contributed by atoms with van der Waals surface area (Å²) in [4.78, 5) is 0. The molecule has 0 amide bonds. The van der Waals surface area contributed by atoms with E-state index in [2.05, 4.69) is 37.4 Å². The van der Waals surface area contributed by atoms with Gasteiger partial charge in [-0.1, -0.05) is 19.1 Å². The molecule has 0 spiro atoms. The van der Waals surface area contributed by atoms with Crippen molar-refractivity contribution in [3.63, 3.8) is 0 Å². The van der Waals surface area contributed by atoms with Gasteiger partial charge in [-0.3, -0.25) is 0 Å². The third-order valence-corrected chi connectivity index (χ3v) is 2.76. The van der Waals surface area contributed by atoms with Crippen LogP contribution in [0.3, 0.4) is 0 Å². The molecule has 0 aromatic heterocycles. The van der Waals surface area contributed by atoms with Gasteiger partial charge in [-0.05, 0) is 37.1 Å². The molecule has 1 rings (SSSR count). The van der Waals surface area contributed by atoms with Gasteiger partial charge in [0.1, 0.15) is 5.75 Å². The second kappa shape index (κ2) is 8.95. The molecule has 0 saturated carbocycles. The Kier molecular flexibility index (Phi) is 7.46. The highest BCUT2D eigenvalue weighted by Gasteiger charge is 2.01. The van der Waals surface area contributed by atoms with E-state index >= 15 is 0 Å². The fraction of sp³-hybridized carbons (Fsp3) is 0.600. The molecule has 0 aliphatic carbocycles. The molecule has 0 saturated heterocycles. The van der Waals surface area contributed by atoms with Gasteiger partial charge in [-0.25, -0.2) is 0 Å². The summed E-state index contributed by atoms with van der Waals surface area (Å²) >= 11 is 0. The first-order chi connectivity index (χ1) is 8.77. The van der Waals surface area contributed by atoms with E-state index in [9.17, 15) is 0 Å². The molecule has 0 bridgehead atoms. The first kappa shape index (κ1) is 15.0. The van der Waals surface area contributed by atoms with Gasteiger partial charge in [0, 0.05) is 26.7 Å². The van der Waals surface area contributed by atoms with Gasteiger partial charge in [-0.15, -0.1) is 0 Å². The summed E-state index contributed by atoms with van der Waals surface area (Å²) in [5, 5.41) is 3.40. The Morgan fingerprint density at radius 1 is 1.22 bits per heavy atom. The van der Waals surface area contributed by atoms with Crippen LogP contribution in [0, 0.1) is 6.92 Å². The molecule has 102 valence electrons. The van der Waals surface area contributed by atoms with Gasteiger partial charge < -0.3 is 14.8 Å². The van der Waals surface area contributed by atoms with E-state index in [1.165, 1.54) is 11.1 Å². The standard InChI is InChI=1S/C15H25NO2/c1-4-8-16-12-14-7-6-13(2)15(11-14)18-10-5-9-17-3/h6-7,11,16H,4-5,8-10,12H2,1-3H3. The summed E-state index contributed by atoms with van der Waals surface area (Å²) in [6, 6.07) is 6.40. The van der Waals surface area contributed by atoms with E-state index in [-0.39, 0.29) is 0 Å². The highest BCUT2D eigenvalue weighted by molar-refractivity contribution is 5.36. The van der Waals surface area contributed by atoms with Crippen molar-refractivity contribution in [1.82, 2.24) is 5.32 Å². The molecule has 0 radical (unpaired) electrons. The van der Waals surface area contributed by atoms with Crippen LogP contribution in [0.25, 0.3) is 0 Å². The Morgan fingerprint density at radius 2 is 2.06 bits per heavy atom. The van der Waals surface area contributed by atoms with Crippen molar-refractivity contribution in [1.29, 1.82) is 0 Å². The summed E-state index contributed by atoms with van der Waals surface area (Å²) in [7, 11) is 1.71. The lowest BCUT2D eigenvalue weighted by Gasteiger charge is -2.11. The third kappa shape index (κ3) is 5.52. The predicted octanol–water partition coefficient (Wildman–Crippen LogP) is 2.91. The van der Waals surface area contributed by atoms with E-state index in [1.807, 2.05) is 0 Å². The van der Waals surface area contributed by atoms with Crippen molar-refractivity contribution in [2.45, 2.75) is 33.2 Å². The van der Waals surface area contributed by atoms with Crippen LogP contribution in [0.1, 0.15) is 30.9 Å². The quantitative estimate of drug-likeness (QED) is 0.685. The molecule has 0 atom stereocenters. The Labute approximate surface area is 110 Å². The largest absolute Gasteiger partial charge is 0.493 e. The number of hydrogen-bond donors (Lipinski definition) is 1. The number of nitrogens with one attached hydrogen (secondary N) is 1. The fourth-order valence-electron chi connectivity index (χ4n) is 1.70. The van der Waals surface area contributed by atoms with E-state index in [4.69, 9.17) is 9.47 Å². The maximum Gasteiger partial charge on any atom is 0.122 e. The van der Waals surface area contributed by atoms with Crippen LogP contribution in [-0.2, 0) is 11.3 Å². The second-order valence-electron chi connectivity index (χ2n) is 4.47. The maximum absolute atomic E-state index is 5.78. The lowest BCUT2D eigenvalue weighted by atomic mass is 10.1. The minimum Gasteiger partial charge on any atom is -0.493 e. The summed E-state index contributed by atoms with van der Waals surface area (Å²) < 4.78 is 10.8. The lowest BCUT2D eigenvalue weighted by Crippen LogP contribution is -2.14. The minimum atomic E-state index is 0.709. The number of rotatable bonds is 9. The van der Waals surface area contributed by atoms with Gasteiger partial charge in [0.25, 0.3) is 0 Å². The van der Waals surface area contributed by atoms with Crippen molar-refractivity contribution in [2.75, 3.05) is 26.9 Å². The molecule has 1 N–H and O–H groups in total. The number of ether oxygens (including phenoxy) is 2. The highest BCUT2D eigenvalue weighted by Crippen LogP contribution is 2.19.